The minimum atomic E-state index is -4.00. The van der Waals surface area contributed by atoms with Crippen LogP contribution in [0, 0.1) is 13.8 Å². The smallest absolute Gasteiger partial charge is 0.256 e. The van der Waals surface area contributed by atoms with Gasteiger partial charge in [0.1, 0.15) is 5.75 Å². The Bertz CT molecular complexity index is 1420. The summed E-state index contributed by atoms with van der Waals surface area (Å²) < 4.78 is 31.5. The second-order valence-corrected chi connectivity index (χ2v) is 12.1. The molecule has 0 unspecified atom stereocenters. The number of aromatic nitrogens is 1. The number of benzene rings is 2. The first-order chi connectivity index (χ1) is 17.8. The molecule has 0 bridgehead atoms. The highest BCUT2D eigenvalue weighted by Crippen LogP contribution is 2.27. The number of halogens is 2. The average molecular weight is 585 g/mol. The van der Waals surface area contributed by atoms with Crippen molar-refractivity contribution in [1.29, 1.82) is 0 Å². The first-order valence-corrected chi connectivity index (χ1v) is 13.8. The molecule has 38 heavy (non-hydrogen) atoms. The van der Waals surface area contributed by atoms with Crippen LogP contribution in [0.4, 0.5) is 0 Å². The fourth-order valence-corrected chi connectivity index (χ4v) is 5.93. The maximum atomic E-state index is 13.0. The van der Waals surface area contributed by atoms with E-state index in [0.29, 0.717) is 17.7 Å². The molecule has 0 fully saturated rings. The van der Waals surface area contributed by atoms with Gasteiger partial charge in [-0.2, -0.15) is 4.31 Å². The maximum absolute atomic E-state index is 13.0. The van der Waals surface area contributed by atoms with Gasteiger partial charge in [-0.1, -0.05) is 6.07 Å². The van der Waals surface area contributed by atoms with Gasteiger partial charge in [0.2, 0.25) is 15.9 Å². The van der Waals surface area contributed by atoms with Crippen molar-refractivity contribution in [3.05, 3.63) is 59.3 Å². The van der Waals surface area contributed by atoms with E-state index in [9.17, 15) is 23.1 Å². The number of carbonyl (C=O) groups excluding carboxylic acids is 2. The number of nitrogens with zero attached hydrogens (tertiary/aromatic N) is 4. The highest BCUT2D eigenvalue weighted by molar-refractivity contribution is 7.89. The third kappa shape index (κ3) is 7.17. The molecule has 0 aliphatic rings. The number of nitrogens with one attached hydrogen (secondary N) is 1. The molecule has 2 amide bonds. The van der Waals surface area contributed by atoms with Crippen LogP contribution in [-0.4, -0.2) is 76.8 Å². The van der Waals surface area contributed by atoms with Gasteiger partial charge in [-0.05, 0) is 78.0 Å². The molecular weight excluding hydrogens is 553 g/mol. The maximum Gasteiger partial charge on any atom is 0.256 e. The van der Waals surface area contributed by atoms with Gasteiger partial charge in [0.05, 0.1) is 24.5 Å². The fraction of sp³-hybridized carbons (Fsp3) is 0.360. The van der Waals surface area contributed by atoms with Crippen LogP contribution in [0.1, 0.15) is 16.7 Å². The standard InChI is InChI=1S/C25H31Cl2N5O5S/c1-17-11-21(33)12-18(2)25(17)38(36,37)30(4)16-23(34)28-14-24(35)32(27)15-19-5-6-22-20(13-19)7-8-31(22)10-9-29(3)26/h5-8,11-13,33H,9-10,14-16H2,1-4H3,(H,28,34). The van der Waals surface area contributed by atoms with E-state index in [-0.39, 0.29) is 17.2 Å². The Morgan fingerprint density at radius 3 is 2.34 bits per heavy atom. The molecule has 1 heterocycles. The first kappa shape index (κ1) is 29.7. The molecular formula is C25H31Cl2N5O5S. The zero-order valence-electron chi connectivity index (χ0n) is 21.6. The minimum Gasteiger partial charge on any atom is -0.508 e. The number of phenolic OH excluding ortho intramolecular Hbond substituents is 1. The van der Waals surface area contributed by atoms with Gasteiger partial charge in [-0.25, -0.2) is 17.3 Å². The predicted octanol–water partition coefficient (Wildman–Crippen LogP) is 2.97. The van der Waals surface area contributed by atoms with Crippen molar-refractivity contribution in [3.8, 4) is 5.75 Å². The highest BCUT2D eigenvalue weighted by Gasteiger charge is 2.27. The number of aryl methyl sites for hydroxylation is 2. The van der Waals surface area contributed by atoms with E-state index < -0.39 is 34.9 Å². The number of aromatic hydroxyl groups is 1. The van der Waals surface area contributed by atoms with Crippen LogP contribution in [0.3, 0.4) is 0 Å². The summed E-state index contributed by atoms with van der Waals surface area (Å²) in [5, 5.41) is 13.1. The molecule has 10 nitrogen and oxygen atoms in total. The van der Waals surface area contributed by atoms with Crippen LogP contribution in [0.15, 0.2) is 47.5 Å². The molecule has 0 radical (unpaired) electrons. The third-order valence-electron chi connectivity index (χ3n) is 5.99. The average Bonchev–Trinajstić information content (AvgIpc) is 3.22. The number of hydrogen-bond donors (Lipinski definition) is 2. The van der Waals surface area contributed by atoms with Gasteiger partial charge in [-0.15, -0.1) is 0 Å². The largest absolute Gasteiger partial charge is 0.508 e. The van der Waals surface area contributed by atoms with E-state index in [1.807, 2.05) is 30.5 Å². The molecule has 0 saturated heterocycles. The predicted molar refractivity (Wildman–Crippen MR) is 147 cm³/mol. The summed E-state index contributed by atoms with van der Waals surface area (Å²) in [6, 6.07) is 10.4. The molecule has 3 aromatic rings. The zero-order valence-corrected chi connectivity index (χ0v) is 23.9. The Kier molecular flexibility index (Phi) is 9.66. The number of likely N-dealkylation sites (N-methyl/N-ethyl adjacent to an activating group) is 2. The van der Waals surface area contributed by atoms with Crippen LogP contribution in [0.5, 0.6) is 5.75 Å². The topological polar surface area (TPSA) is 115 Å². The molecule has 3 rings (SSSR count). The number of hydrogen-bond acceptors (Lipinski definition) is 6. The quantitative estimate of drug-likeness (QED) is 0.335. The summed E-state index contributed by atoms with van der Waals surface area (Å²) in [5.74, 6) is -1.25. The Balaban J connectivity index is 1.55. The second kappa shape index (κ2) is 12.4. The van der Waals surface area contributed by atoms with E-state index in [4.69, 9.17) is 23.6 Å². The van der Waals surface area contributed by atoms with E-state index in [2.05, 4.69) is 9.88 Å². The number of amides is 2. The number of carbonyl (C=O) groups is 2. The molecule has 1 aromatic heterocycles. The van der Waals surface area contributed by atoms with Crippen molar-refractivity contribution in [1.82, 2.24) is 23.0 Å². The molecule has 0 atom stereocenters. The van der Waals surface area contributed by atoms with Crippen LogP contribution < -0.4 is 5.32 Å². The van der Waals surface area contributed by atoms with E-state index in [0.717, 1.165) is 31.7 Å². The lowest BCUT2D eigenvalue weighted by Gasteiger charge is -2.20. The number of fused-ring (bicyclic) bond motifs is 1. The van der Waals surface area contributed by atoms with Crippen molar-refractivity contribution in [2.24, 2.45) is 0 Å². The lowest BCUT2D eigenvalue weighted by molar-refractivity contribution is -0.129. The Morgan fingerprint density at radius 1 is 1.05 bits per heavy atom. The number of sulfonamides is 1. The molecule has 0 spiro atoms. The third-order valence-corrected chi connectivity index (χ3v) is 8.58. The molecule has 13 heteroatoms. The van der Waals surface area contributed by atoms with Gasteiger partial charge < -0.3 is 15.0 Å². The van der Waals surface area contributed by atoms with Gasteiger partial charge in [-0.3, -0.25) is 9.59 Å². The summed E-state index contributed by atoms with van der Waals surface area (Å²) in [7, 11) is -0.940. The van der Waals surface area contributed by atoms with Crippen LogP contribution >= 0.6 is 23.6 Å². The summed E-state index contributed by atoms with van der Waals surface area (Å²) in [4.78, 5) is 24.9. The number of rotatable bonds is 11. The summed E-state index contributed by atoms with van der Waals surface area (Å²) in [5.41, 5.74) is 2.56. The SMILES string of the molecule is Cc1cc(O)cc(C)c1S(=O)(=O)N(C)CC(=O)NCC(=O)N(Cl)Cc1ccc2c(ccn2CCN(C)Cl)c1. The Labute approximate surface area is 232 Å². The van der Waals surface area contributed by atoms with Crippen molar-refractivity contribution < 1.29 is 23.1 Å². The van der Waals surface area contributed by atoms with Crippen LogP contribution in [0.2, 0.25) is 0 Å². The van der Waals surface area contributed by atoms with Crippen molar-refractivity contribution in [2.75, 3.05) is 33.7 Å². The van der Waals surface area contributed by atoms with Crippen molar-refractivity contribution in [3.63, 3.8) is 0 Å². The first-order valence-electron chi connectivity index (χ1n) is 11.7. The Morgan fingerprint density at radius 2 is 1.71 bits per heavy atom. The monoisotopic (exact) mass is 583 g/mol. The summed E-state index contributed by atoms with van der Waals surface area (Å²) in [6.07, 6.45) is 1.97. The molecule has 0 saturated carbocycles. The van der Waals surface area contributed by atoms with Crippen LogP contribution in [-0.2, 0) is 32.7 Å². The molecule has 0 aliphatic heterocycles. The lowest BCUT2D eigenvalue weighted by atomic mass is 10.1. The van der Waals surface area contributed by atoms with Gasteiger partial charge in [0, 0.05) is 50.7 Å². The van der Waals surface area contributed by atoms with Gasteiger partial charge in [0.15, 0.2) is 0 Å². The highest BCUT2D eigenvalue weighted by atomic mass is 35.5. The van der Waals surface area contributed by atoms with Crippen molar-refractivity contribution >= 4 is 56.3 Å². The molecule has 2 aromatic carbocycles. The normalized spacial score (nSPS) is 11.9. The fourth-order valence-electron chi connectivity index (χ4n) is 4.13. The van der Waals surface area contributed by atoms with Gasteiger partial charge >= 0.3 is 0 Å². The van der Waals surface area contributed by atoms with E-state index >= 15 is 0 Å². The van der Waals surface area contributed by atoms with Crippen molar-refractivity contribution in [2.45, 2.75) is 31.8 Å². The van der Waals surface area contributed by atoms with Gasteiger partial charge in [0.25, 0.3) is 5.91 Å². The Hall–Kier alpha value is -2.83. The lowest BCUT2D eigenvalue weighted by Crippen LogP contribution is -2.42. The molecule has 206 valence electrons. The number of phenols is 1. The minimum absolute atomic E-state index is 0.0207. The second-order valence-electron chi connectivity index (χ2n) is 9.09. The summed E-state index contributed by atoms with van der Waals surface area (Å²) >= 11 is 12.1. The zero-order chi connectivity index (χ0) is 28.2. The molecule has 2 N–H and O–H groups in total. The van der Waals surface area contributed by atoms with Crippen LogP contribution in [0.25, 0.3) is 10.9 Å². The molecule has 0 aliphatic carbocycles. The van der Waals surface area contributed by atoms with E-state index in [1.54, 1.807) is 25.3 Å². The van der Waals surface area contributed by atoms with E-state index in [1.165, 1.54) is 19.2 Å². The summed E-state index contributed by atoms with van der Waals surface area (Å²) in [6.45, 7) is 3.77.